The second-order valence-electron chi connectivity index (χ2n) is 7.62. The number of rotatable bonds is 3. The molecule has 1 unspecified atom stereocenters. The van der Waals surface area contributed by atoms with Gasteiger partial charge in [-0.25, -0.2) is 8.78 Å². The van der Waals surface area contributed by atoms with E-state index in [9.17, 15) is 13.6 Å². The van der Waals surface area contributed by atoms with E-state index in [1.807, 2.05) is 30.3 Å². The van der Waals surface area contributed by atoms with E-state index in [-0.39, 0.29) is 24.6 Å². The minimum Gasteiger partial charge on any atom is -0.363 e. The highest BCUT2D eigenvalue weighted by Gasteiger charge is 2.41. The summed E-state index contributed by atoms with van der Waals surface area (Å²) >= 11 is 0. The molecule has 148 valence electrons. The number of carbonyl (C=O) groups excluding carboxylic acids is 1. The monoisotopic (exact) mass is 386 g/mol. The van der Waals surface area contributed by atoms with Gasteiger partial charge in [-0.15, -0.1) is 0 Å². The van der Waals surface area contributed by atoms with E-state index in [2.05, 4.69) is 4.90 Å². The molecule has 1 amide bonds. The first-order valence-electron chi connectivity index (χ1n) is 9.71. The van der Waals surface area contributed by atoms with Crippen LogP contribution in [0.1, 0.15) is 24.8 Å². The van der Waals surface area contributed by atoms with Crippen LogP contribution in [0.4, 0.5) is 14.5 Å². The van der Waals surface area contributed by atoms with Crippen molar-refractivity contribution in [1.82, 2.24) is 4.90 Å². The highest BCUT2D eigenvalue weighted by Crippen LogP contribution is 2.33. The Bertz CT molecular complexity index is 825. The number of para-hydroxylation sites is 1. The third kappa shape index (κ3) is 3.93. The molecule has 2 aliphatic rings. The van der Waals surface area contributed by atoms with Crippen molar-refractivity contribution in [3.8, 4) is 0 Å². The van der Waals surface area contributed by atoms with Crippen LogP contribution in [0.2, 0.25) is 0 Å². The molecular weight excluding hydrogens is 362 g/mol. The quantitative estimate of drug-likeness (QED) is 0.805. The number of likely N-dealkylation sites (tertiary alicyclic amines) is 1. The molecule has 0 N–H and O–H groups in total. The molecule has 2 aliphatic heterocycles. The molecule has 2 fully saturated rings. The topological polar surface area (TPSA) is 32.8 Å². The van der Waals surface area contributed by atoms with Crippen LogP contribution in [0.3, 0.4) is 0 Å². The molecule has 1 atom stereocenters. The number of benzene rings is 2. The lowest BCUT2D eigenvalue weighted by Gasteiger charge is -2.42. The van der Waals surface area contributed by atoms with Crippen LogP contribution in [0.15, 0.2) is 48.5 Å². The third-order valence-electron chi connectivity index (χ3n) is 5.75. The molecule has 4 rings (SSSR count). The molecule has 0 radical (unpaired) electrons. The molecule has 2 heterocycles. The molecule has 4 nitrogen and oxygen atoms in total. The summed E-state index contributed by atoms with van der Waals surface area (Å²) in [7, 11) is 0. The van der Waals surface area contributed by atoms with E-state index in [0.717, 1.165) is 31.5 Å². The first kappa shape index (κ1) is 19.0. The summed E-state index contributed by atoms with van der Waals surface area (Å²) in [4.78, 5) is 16.3. The summed E-state index contributed by atoms with van der Waals surface area (Å²) in [6.45, 7) is 2.24. The van der Waals surface area contributed by atoms with Crippen molar-refractivity contribution in [2.75, 3.05) is 31.1 Å². The van der Waals surface area contributed by atoms with E-state index in [1.165, 1.54) is 18.2 Å². The first-order valence-corrected chi connectivity index (χ1v) is 9.71. The lowest BCUT2D eigenvalue weighted by molar-refractivity contribution is -0.140. The number of carbonyl (C=O) groups is 1. The van der Waals surface area contributed by atoms with E-state index in [0.29, 0.717) is 13.1 Å². The maximum atomic E-state index is 14.0. The molecule has 6 heteroatoms. The Labute approximate surface area is 163 Å². The van der Waals surface area contributed by atoms with Crippen molar-refractivity contribution in [3.05, 3.63) is 65.7 Å². The van der Waals surface area contributed by atoms with Gasteiger partial charge in [0.25, 0.3) is 5.91 Å². The van der Waals surface area contributed by atoms with Crippen molar-refractivity contribution in [3.63, 3.8) is 0 Å². The number of hydrogen-bond donors (Lipinski definition) is 0. The fourth-order valence-corrected chi connectivity index (χ4v) is 4.15. The standard InChI is InChI=1S/C22H24F2N2O2/c23-19-8-4-9-20(24)18(19)14-25-12-5-10-22(11-13-25)16-26(21(27)15-28-22)17-6-2-1-3-7-17/h1-4,6-9H,5,10-16H2. The van der Waals surface area contributed by atoms with Crippen LogP contribution in [-0.2, 0) is 16.1 Å². The molecule has 1 spiro atoms. The van der Waals surface area contributed by atoms with Gasteiger partial charge in [-0.1, -0.05) is 24.3 Å². The van der Waals surface area contributed by atoms with Gasteiger partial charge in [-0.2, -0.15) is 0 Å². The summed E-state index contributed by atoms with van der Waals surface area (Å²) in [5.41, 5.74) is 0.584. The van der Waals surface area contributed by atoms with Gasteiger partial charge in [-0.05, 0) is 50.1 Å². The van der Waals surface area contributed by atoms with Gasteiger partial charge >= 0.3 is 0 Å². The van der Waals surface area contributed by atoms with Gasteiger partial charge in [0.05, 0.1) is 12.1 Å². The zero-order valence-electron chi connectivity index (χ0n) is 15.7. The number of morpholine rings is 1. The van der Waals surface area contributed by atoms with Gasteiger partial charge < -0.3 is 9.64 Å². The van der Waals surface area contributed by atoms with Crippen LogP contribution in [0.25, 0.3) is 0 Å². The Morgan fingerprint density at radius 3 is 2.46 bits per heavy atom. The Morgan fingerprint density at radius 1 is 0.964 bits per heavy atom. The van der Waals surface area contributed by atoms with Crippen LogP contribution in [-0.4, -0.2) is 42.6 Å². The fraction of sp³-hybridized carbons (Fsp3) is 0.409. The number of anilines is 1. The summed E-state index contributed by atoms with van der Waals surface area (Å²) in [5, 5.41) is 0. The van der Waals surface area contributed by atoms with E-state index < -0.39 is 17.2 Å². The largest absolute Gasteiger partial charge is 0.363 e. The average molecular weight is 386 g/mol. The molecule has 2 aromatic rings. The van der Waals surface area contributed by atoms with Crippen molar-refractivity contribution < 1.29 is 18.3 Å². The zero-order valence-corrected chi connectivity index (χ0v) is 15.7. The Morgan fingerprint density at radius 2 is 1.71 bits per heavy atom. The molecule has 2 saturated heterocycles. The third-order valence-corrected chi connectivity index (χ3v) is 5.75. The van der Waals surface area contributed by atoms with Crippen LogP contribution < -0.4 is 4.90 Å². The highest BCUT2D eigenvalue weighted by molar-refractivity contribution is 5.95. The molecule has 2 aromatic carbocycles. The van der Waals surface area contributed by atoms with Gasteiger partial charge in [0.1, 0.15) is 18.2 Å². The van der Waals surface area contributed by atoms with Crippen molar-refractivity contribution in [2.24, 2.45) is 0 Å². The van der Waals surface area contributed by atoms with Crippen molar-refractivity contribution >= 4 is 11.6 Å². The molecule has 0 aliphatic carbocycles. The van der Waals surface area contributed by atoms with Crippen molar-refractivity contribution in [2.45, 2.75) is 31.4 Å². The smallest absolute Gasteiger partial charge is 0.253 e. The second-order valence-corrected chi connectivity index (χ2v) is 7.62. The lowest BCUT2D eigenvalue weighted by Crippen LogP contribution is -2.55. The Hall–Kier alpha value is -2.31. The molecular formula is C22H24F2N2O2. The van der Waals surface area contributed by atoms with Crippen LogP contribution in [0.5, 0.6) is 0 Å². The SMILES string of the molecule is O=C1COC2(CCCN(Cc3c(F)cccc3F)CC2)CN1c1ccccc1. The maximum Gasteiger partial charge on any atom is 0.253 e. The zero-order chi connectivity index (χ0) is 19.6. The Balaban J connectivity index is 1.46. The fourth-order valence-electron chi connectivity index (χ4n) is 4.15. The predicted octanol–water partition coefficient (Wildman–Crippen LogP) is 3.75. The van der Waals surface area contributed by atoms with Gasteiger partial charge in [0.15, 0.2) is 0 Å². The van der Waals surface area contributed by atoms with Gasteiger partial charge in [0.2, 0.25) is 0 Å². The maximum absolute atomic E-state index is 14.0. The average Bonchev–Trinajstić information content (AvgIpc) is 2.90. The van der Waals surface area contributed by atoms with Crippen molar-refractivity contribution in [1.29, 1.82) is 0 Å². The van der Waals surface area contributed by atoms with Gasteiger partial charge in [0, 0.05) is 24.3 Å². The predicted molar refractivity (Wildman–Crippen MR) is 103 cm³/mol. The summed E-state index contributed by atoms with van der Waals surface area (Å²) in [5.74, 6) is -1.05. The number of halogens is 2. The lowest BCUT2D eigenvalue weighted by atomic mass is 9.92. The second kappa shape index (κ2) is 7.97. The summed E-state index contributed by atoms with van der Waals surface area (Å²) in [6.07, 6.45) is 2.40. The van der Waals surface area contributed by atoms with E-state index in [4.69, 9.17) is 4.74 Å². The summed E-state index contributed by atoms with van der Waals surface area (Å²) in [6, 6.07) is 13.6. The first-order chi connectivity index (χ1) is 13.6. The highest BCUT2D eigenvalue weighted by atomic mass is 19.1. The normalized spacial score (nSPS) is 23.8. The number of amides is 1. The minimum atomic E-state index is -0.506. The molecule has 0 aromatic heterocycles. The molecule has 0 saturated carbocycles. The minimum absolute atomic E-state index is 0.0358. The van der Waals surface area contributed by atoms with Crippen LogP contribution >= 0.6 is 0 Å². The van der Waals surface area contributed by atoms with Gasteiger partial charge in [-0.3, -0.25) is 9.69 Å². The number of hydrogen-bond acceptors (Lipinski definition) is 3. The molecule has 0 bridgehead atoms. The number of ether oxygens (including phenoxy) is 1. The van der Waals surface area contributed by atoms with E-state index in [1.54, 1.807) is 4.90 Å². The molecule has 28 heavy (non-hydrogen) atoms. The van der Waals surface area contributed by atoms with Crippen LogP contribution in [0, 0.1) is 11.6 Å². The Kier molecular flexibility index (Phi) is 5.42. The summed E-state index contributed by atoms with van der Waals surface area (Å²) < 4.78 is 34.0. The number of nitrogens with zero attached hydrogens (tertiary/aromatic N) is 2. The van der Waals surface area contributed by atoms with E-state index >= 15 is 0 Å².